The van der Waals surface area contributed by atoms with Crippen LogP contribution in [-0.2, 0) is 16.0 Å². The van der Waals surface area contributed by atoms with Gasteiger partial charge in [0.2, 0.25) is 17.6 Å². The maximum Gasteiger partial charge on any atom is 0.270 e. The molecule has 246 valence electrons. The minimum atomic E-state index is -0.931. The molecule has 2 atom stereocenters. The Kier molecular flexibility index (Phi) is 10.7. The van der Waals surface area contributed by atoms with Crippen LogP contribution in [-0.4, -0.2) is 73.7 Å². The van der Waals surface area contributed by atoms with E-state index in [9.17, 15) is 19.5 Å². The van der Waals surface area contributed by atoms with Crippen molar-refractivity contribution in [1.82, 2.24) is 30.9 Å². The molecule has 0 aliphatic heterocycles. The number of aliphatic hydroxyl groups is 1. The number of aliphatic hydroxyl groups excluding tert-OH is 1. The molecule has 47 heavy (non-hydrogen) atoms. The van der Waals surface area contributed by atoms with E-state index in [1.165, 1.54) is 0 Å². The number of carbonyl (C=O) groups is 3. The Bertz CT molecular complexity index is 1670. The van der Waals surface area contributed by atoms with Crippen molar-refractivity contribution in [2.75, 3.05) is 18.1 Å². The van der Waals surface area contributed by atoms with E-state index in [2.05, 4.69) is 30.9 Å². The third-order valence-electron chi connectivity index (χ3n) is 8.82. The Morgan fingerprint density at radius 3 is 2.26 bits per heavy atom. The summed E-state index contributed by atoms with van der Waals surface area (Å²) in [4.78, 5) is 45.7. The van der Waals surface area contributed by atoms with E-state index in [1.807, 2.05) is 37.3 Å². The van der Waals surface area contributed by atoms with Crippen molar-refractivity contribution < 1.29 is 19.5 Å². The normalized spacial score (nSPS) is 17.4. The number of hydrogen-bond donors (Lipinski definition) is 5. The summed E-state index contributed by atoms with van der Waals surface area (Å²) in [6.07, 6.45) is 3.34. The summed E-state index contributed by atoms with van der Waals surface area (Å²) in [6.45, 7) is 3.97. The predicted octanol–water partition coefficient (Wildman–Crippen LogP) is 2.54. The number of nitrogens with two attached hydrogens (primary N) is 2. The van der Waals surface area contributed by atoms with Gasteiger partial charge in [-0.25, -0.2) is 4.98 Å². The van der Waals surface area contributed by atoms with E-state index in [-0.39, 0.29) is 42.5 Å². The number of amides is 3. The second-order valence-corrected chi connectivity index (χ2v) is 12.1. The number of nitrogens with zero attached hydrogens (tertiary/aromatic N) is 5. The van der Waals surface area contributed by atoms with E-state index < -0.39 is 11.9 Å². The molecule has 13 nitrogen and oxygen atoms in total. The summed E-state index contributed by atoms with van der Waals surface area (Å²) in [5.74, 6) is -0.525. The fraction of sp³-hybridized carbons (Fsp3) is 0.382. The molecular weight excluding hydrogens is 598 g/mol. The van der Waals surface area contributed by atoms with Crippen LogP contribution < -0.4 is 21.7 Å². The highest BCUT2D eigenvalue weighted by Gasteiger charge is 2.36. The molecule has 5 rings (SSSR count). The van der Waals surface area contributed by atoms with E-state index in [0.29, 0.717) is 48.1 Å². The zero-order valence-electron chi connectivity index (χ0n) is 26.6. The lowest BCUT2D eigenvalue weighted by atomic mass is 9.81. The van der Waals surface area contributed by atoms with E-state index in [0.717, 1.165) is 29.5 Å². The molecular formula is C34H41N9O4. The van der Waals surface area contributed by atoms with Gasteiger partial charge in [-0.3, -0.25) is 19.3 Å². The first kappa shape index (κ1) is 33.4. The van der Waals surface area contributed by atoms with Crippen LogP contribution in [0.15, 0.2) is 60.7 Å². The van der Waals surface area contributed by atoms with Crippen LogP contribution in [0.4, 0.5) is 5.69 Å². The van der Waals surface area contributed by atoms with Gasteiger partial charge in [-0.05, 0) is 98.7 Å². The Morgan fingerprint density at radius 1 is 1.00 bits per heavy atom. The van der Waals surface area contributed by atoms with Crippen molar-refractivity contribution in [3.8, 4) is 22.5 Å². The molecule has 2 heterocycles. The zero-order valence-corrected chi connectivity index (χ0v) is 26.6. The number of pyridine rings is 1. The highest BCUT2D eigenvalue weighted by atomic mass is 16.3. The first-order valence-corrected chi connectivity index (χ1v) is 15.8. The molecule has 0 unspecified atom stereocenters. The van der Waals surface area contributed by atoms with Crippen molar-refractivity contribution in [2.24, 2.45) is 23.3 Å². The number of nitrogens with one attached hydrogen (secondary N) is 2. The molecule has 2 aromatic carbocycles. The quantitative estimate of drug-likeness (QED) is 0.154. The molecule has 2 aromatic heterocycles. The second-order valence-electron chi connectivity index (χ2n) is 12.1. The third kappa shape index (κ3) is 7.87. The Labute approximate surface area is 273 Å². The van der Waals surface area contributed by atoms with Gasteiger partial charge in [-0.15, -0.1) is 10.2 Å². The number of tetrazole rings is 1. The lowest BCUT2D eigenvalue weighted by Gasteiger charge is -2.35. The van der Waals surface area contributed by atoms with Gasteiger partial charge in [0.15, 0.2) is 0 Å². The van der Waals surface area contributed by atoms with Gasteiger partial charge in [0.25, 0.3) is 5.91 Å². The predicted molar refractivity (Wildman–Crippen MR) is 177 cm³/mol. The van der Waals surface area contributed by atoms with Crippen molar-refractivity contribution in [2.45, 2.75) is 58.0 Å². The average molecular weight is 640 g/mol. The first-order chi connectivity index (χ1) is 22.7. The molecule has 0 bridgehead atoms. The SMILES string of the molecule is Cc1nc(C(=O)N[C@H](C)CO)ccc1-c1ccc(C[C@@H](C(N)=O)N(C(=O)C2CCC(CN)CC2)c2ccc(-c3nn[nH]n3)cc2)cc1. The number of aromatic nitrogens is 5. The van der Waals surface area contributed by atoms with Crippen LogP contribution in [0.5, 0.6) is 0 Å². The van der Waals surface area contributed by atoms with E-state index >= 15 is 0 Å². The van der Waals surface area contributed by atoms with Crippen LogP contribution in [0, 0.1) is 18.8 Å². The number of anilines is 1. The number of hydrogen-bond acceptors (Lipinski definition) is 9. The van der Waals surface area contributed by atoms with Crippen LogP contribution in [0.1, 0.15) is 54.4 Å². The Balaban J connectivity index is 1.39. The lowest BCUT2D eigenvalue weighted by molar-refractivity contribution is -0.127. The lowest BCUT2D eigenvalue weighted by Crippen LogP contribution is -2.52. The van der Waals surface area contributed by atoms with Gasteiger partial charge in [0, 0.05) is 40.9 Å². The highest BCUT2D eigenvalue weighted by Crippen LogP contribution is 2.33. The van der Waals surface area contributed by atoms with Gasteiger partial charge in [-0.2, -0.15) is 5.21 Å². The molecule has 1 aliphatic rings. The van der Waals surface area contributed by atoms with Crippen LogP contribution >= 0.6 is 0 Å². The summed E-state index contributed by atoms with van der Waals surface area (Å²) < 4.78 is 0. The minimum absolute atomic E-state index is 0.132. The fourth-order valence-electron chi connectivity index (χ4n) is 6.06. The number of benzene rings is 2. The van der Waals surface area contributed by atoms with Gasteiger partial charge in [0.1, 0.15) is 11.7 Å². The number of rotatable bonds is 12. The number of carbonyl (C=O) groups excluding carboxylic acids is 3. The maximum absolute atomic E-state index is 14.2. The second kappa shape index (κ2) is 15.1. The largest absolute Gasteiger partial charge is 0.394 e. The molecule has 1 aliphatic carbocycles. The van der Waals surface area contributed by atoms with Crippen molar-refractivity contribution >= 4 is 23.4 Å². The Hall–Kier alpha value is -5.01. The van der Waals surface area contributed by atoms with Gasteiger partial charge < -0.3 is 21.9 Å². The van der Waals surface area contributed by atoms with Crippen LogP contribution in [0.2, 0.25) is 0 Å². The van der Waals surface area contributed by atoms with Gasteiger partial charge >= 0.3 is 0 Å². The molecule has 0 saturated heterocycles. The summed E-state index contributed by atoms with van der Waals surface area (Å²) in [7, 11) is 0. The fourth-order valence-corrected chi connectivity index (χ4v) is 6.06. The topological polar surface area (TPSA) is 206 Å². The number of primary amides is 1. The molecule has 13 heteroatoms. The molecule has 4 aromatic rings. The number of H-pyrrole nitrogens is 1. The van der Waals surface area contributed by atoms with Crippen molar-refractivity contribution in [3.05, 3.63) is 77.6 Å². The van der Waals surface area contributed by atoms with Crippen LogP contribution in [0.25, 0.3) is 22.5 Å². The molecule has 7 N–H and O–H groups in total. The van der Waals surface area contributed by atoms with Crippen LogP contribution in [0.3, 0.4) is 0 Å². The summed E-state index contributed by atoms with van der Waals surface area (Å²) >= 11 is 0. The minimum Gasteiger partial charge on any atom is -0.394 e. The van der Waals surface area contributed by atoms with E-state index in [1.54, 1.807) is 42.2 Å². The molecule has 0 spiro atoms. The monoisotopic (exact) mass is 639 g/mol. The standard InChI is InChI=1S/C34H41N9O4/c1-20(19-44)37-33(46)29-16-15-28(21(2)38-29)24-7-3-22(4-8-24)17-30(31(36)45)43(34(47)26-9-5-23(18-35)6-10-26)27-13-11-25(12-14-27)32-39-41-42-40-32/h3-4,7-8,11-16,20,23,26,30,44H,5-6,9-10,17-19,35H2,1-2H3,(H2,36,45)(H,37,46)(H,39,40,41,42)/t20-,23?,26?,30+/m1/s1. The molecule has 1 saturated carbocycles. The summed E-state index contributed by atoms with van der Waals surface area (Å²) in [5.41, 5.74) is 16.7. The Morgan fingerprint density at radius 2 is 1.68 bits per heavy atom. The highest BCUT2D eigenvalue weighted by molar-refractivity contribution is 6.02. The zero-order chi connectivity index (χ0) is 33.5. The maximum atomic E-state index is 14.2. The first-order valence-electron chi connectivity index (χ1n) is 15.8. The molecule has 0 radical (unpaired) electrons. The average Bonchev–Trinajstić information content (AvgIpc) is 3.64. The van der Waals surface area contributed by atoms with Crippen molar-refractivity contribution in [3.63, 3.8) is 0 Å². The molecule has 3 amide bonds. The smallest absolute Gasteiger partial charge is 0.270 e. The van der Waals surface area contributed by atoms with Gasteiger partial charge in [0.05, 0.1) is 6.61 Å². The summed E-state index contributed by atoms with van der Waals surface area (Å²) in [6, 6.07) is 17.0. The van der Waals surface area contributed by atoms with Gasteiger partial charge in [-0.1, -0.05) is 30.3 Å². The number of aryl methyl sites for hydroxylation is 1. The summed E-state index contributed by atoms with van der Waals surface area (Å²) in [5, 5.41) is 26.0. The molecule has 1 fully saturated rings. The van der Waals surface area contributed by atoms with E-state index in [4.69, 9.17) is 11.5 Å². The van der Waals surface area contributed by atoms with Crippen molar-refractivity contribution in [1.29, 1.82) is 0 Å². The third-order valence-corrected chi connectivity index (χ3v) is 8.82. The number of aromatic amines is 1.